The Morgan fingerprint density at radius 1 is 1.30 bits per heavy atom. The van der Waals surface area contributed by atoms with Crippen molar-refractivity contribution in [1.82, 2.24) is 5.32 Å². The van der Waals surface area contributed by atoms with Crippen molar-refractivity contribution in [3.05, 3.63) is 22.4 Å². The number of hydrogen-bond donors (Lipinski definition) is 1. The second kappa shape index (κ2) is 6.62. The van der Waals surface area contributed by atoms with Gasteiger partial charge in [0.25, 0.3) is 0 Å². The highest BCUT2D eigenvalue weighted by molar-refractivity contribution is 7.09. The van der Waals surface area contributed by atoms with Gasteiger partial charge in [-0.1, -0.05) is 33.8 Å². The summed E-state index contributed by atoms with van der Waals surface area (Å²) in [6.07, 6.45) is 6.86. The first-order valence-corrected chi connectivity index (χ1v) is 9.06. The number of hydrogen-bond acceptors (Lipinski definition) is 2. The lowest BCUT2D eigenvalue weighted by atomic mass is 9.63. The standard InChI is InChI=1S/C18H31NS/c1-5-19-14-18(13-16-7-6-12-20-16)10-8-15(9-11-18)17(2,3)4/h6-7,12,15,19H,5,8-11,13-14H2,1-4H3. The van der Waals surface area contributed by atoms with Crippen LogP contribution >= 0.6 is 11.3 Å². The molecule has 20 heavy (non-hydrogen) atoms. The number of nitrogens with one attached hydrogen (secondary N) is 1. The fraction of sp³-hybridized carbons (Fsp3) is 0.778. The summed E-state index contributed by atoms with van der Waals surface area (Å²) in [4.78, 5) is 1.57. The molecule has 0 amide bonds. The topological polar surface area (TPSA) is 12.0 Å². The third-order valence-electron chi connectivity index (χ3n) is 5.15. The highest BCUT2D eigenvalue weighted by atomic mass is 32.1. The first-order chi connectivity index (χ1) is 9.45. The summed E-state index contributed by atoms with van der Waals surface area (Å²) in [6, 6.07) is 4.51. The zero-order chi connectivity index (χ0) is 14.6. The van der Waals surface area contributed by atoms with Crippen molar-refractivity contribution in [1.29, 1.82) is 0 Å². The minimum atomic E-state index is 0.479. The Bertz CT molecular complexity index is 380. The van der Waals surface area contributed by atoms with Gasteiger partial charge in [-0.3, -0.25) is 0 Å². The van der Waals surface area contributed by atoms with Crippen molar-refractivity contribution in [3.63, 3.8) is 0 Å². The van der Waals surface area contributed by atoms with E-state index in [1.807, 2.05) is 11.3 Å². The largest absolute Gasteiger partial charge is 0.316 e. The molecule has 2 heteroatoms. The van der Waals surface area contributed by atoms with E-state index in [1.54, 1.807) is 4.88 Å². The smallest absolute Gasteiger partial charge is 0.00512 e. The molecule has 0 atom stereocenters. The van der Waals surface area contributed by atoms with Crippen molar-refractivity contribution in [2.75, 3.05) is 13.1 Å². The second-order valence-electron chi connectivity index (χ2n) is 7.68. The van der Waals surface area contributed by atoms with Crippen molar-refractivity contribution in [2.24, 2.45) is 16.7 Å². The molecule has 0 aliphatic heterocycles. The molecule has 2 rings (SSSR count). The van der Waals surface area contributed by atoms with E-state index in [4.69, 9.17) is 0 Å². The average molecular weight is 294 g/mol. The summed E-state index contributed by atoms with van der Waals surface area (Å²) in [5, 5.41) is 5.85. The van der Waals surface area contributed by atoms with Gasteiger partial charge in [0.2, 0.25) is 0 Å². The fourth-order valence-corrected chi connectivity index (χ4v) is 4.56. The third kappa shape index (κ3) is 4.08. The summed E-state index contributed by atoms with van der Waals surface area (Å²) in [5.74, 6) is 0.903. The maximum Gasteiger partial charge on any atom is 0.00512 e. The van der Waals surface area contributed by atoms with Gasteiger partial charge in [0.15, 0.2) is 0 Å². The molecule has 1 aliphatic rings. The molecule has 1 fully saturated rings. The molecule has 1 saturated carbocycles. The zero-order valence-corrected chi connectivity index (χ0v) is 14.5. The molecule has 0 aromatic carbocycles. The van der Waals surface area contributed by atoms with Crippen molar-refractivity contribution in [3.8, 4) is 0 Å². The zero-order valence-electron chi connectivity index (χ0n) is 13.7. The van der Waals surface area contributed by atoms with Gasteiger partial charge in [-0.2, -0.15) is 0 Å². The SMILES string of the molecule is CCNCC1(Cc2cccs2)CCC(C(C)(C)C)CC1. The van der Waals surface area contributed by atoms with Crippen LogP contribution in [0.2, 0.25) is 0 Å². The molecule has 0 bridgehead atoms. The Labute approximate surface area is 129 Å². The van der Waals surface area contributed by atoms with E-state index in [1.165, 1.54) is 38.6 Å². The van der Waals surface area contributed by atoms with Crippen LogP contribution in [0.25, 0.3) is 0 Å². The van der Waals surface area contributed by atoms with E-state index in [0.717, 1.165) is 12.5 Å². The quantitative estimate of drug-likeness (QED) is 0.794. The predicted molar refractivity (Wildman–Crippen MR) is 90.4 cm³/mol. The van der Waals surface area contributed by atoms with Crippen LogP contribution in [0.15, 0.2) is 17.5 Å². The molecule has 0 unspecified atom stereocenters. The molecule has 0 spiro atoms. The minimum absolute atomic E-state index is 0.479. The molecular formula is C18H31NS. The highest BCUT2D eigenvalue weighted by Gasteiger charge is 2.38. The van der Waals surface area contributed by atoms with Gasteiger partial charge in [-0.25, -0.2) is 0 Å². The van der Waals surface area contributed by atoms with Gasteiger partial charge in [0, 0.05) is 11.4 Å². The Morgan fingerprint density at radius 3 is 2.50 bits per heavy atom. The van der Waals surface area contributed by atoms with E-state index in [0.29, 0.717) is 10.8 Å². The maximum atomic E-state index is 3.63. The normalized spacial score (nSPS) is 27.7. The summed E-state index contributed by atoms with van der Waals surface area (Å²) >= 11 is 1.93. The molecule has 1 nitrogen and oxygen atoms in total. The van der Waals surface area contributed by atoms with Crippen LogP contribution < -0.4 is 5.32 Å². The van der Waals surface area contributed by atoms with Gasteiger partial charge in [0.1, 0.15) is 0 Å². The average Bonchev–Trinajstić information content (AvgIpc) is 2.89. The van der Waals surface area contributed by atoms with E-state index in [9.17, 15) is 0 Å². The van der Waals surface area contributed by atoms with Gasteiger partial charge in [-0.15, -0.1) is 11.3 Å². The highest BCUT2D eigenvalue weighted by Crippen LogP contribution is 2.46. The van der Waals surface area contributed by atoms with Crippen molar-refractivity contribution in [2.45, 2.75) is 59.8 Å². The molecule has 1 aromatic rings. The van der Waals surface area contributed by atoms with Crippen LogP contribution in [0.3, 0.4) is 0 Å². The molecule has 1 heterocycles. The Balaban J connectivity index is 2.02. The molecule has 1 aromatic heterocycles. The van der Waals surface area contributed by atoms with Gasteiger partial charge >= 0.3 is 0 Å². The monoisotopic (exact) mass is 293 g/mol. The molecule has 1 aliphatic carbocycles. The van der Waals surface area contributed by atoms with Crippen LogP contribution in [-0.4, -0.2) is 13.1 Å². The molecule has 0 saturated heterocycles. The Morgan fingerprint density at radius 2 is 2.00 bits per heavy atom. The van der Waals surface area contributed by atoms with Crippen molar-refractivity contribution >= 4 is 11.3 Å². The summed E-state index contributed by atoms with van der Waals surface area (Å²) in [7, 11) is 0. The van der Waals surface area contributed by atoms with Crippen LogP contribution in [0.5, 0.6) is 0 Å². The third-order valence-corrected chi connectivity index (χ3v) is 6.03. The second-order valence-corrected chi connectivity index (χ2v) is 8.71. The van der Waals surface area contributed by atoms with Crippen LogP contribution in [0.1, 0.15) is 58.3 Å². The lowest BCUT2D eigenvalue weighted by Crippen LogP contribution is -2.41. The van der Waals surface area contributed by atoms with E-state index >= 15 is 0 Å². The van der Waals surface area contributed by atoms with Gasteiger partial charge < -0.3 is 5.32 Å². The van der Waals surface area contributed by atoms with E-state index in [2.05, 4.69) is 50.5 Å². The Kier molecular flexibility index (Phi) is 5.30. The van der Waals surface area contributed by atoms with E-state index < -0.39 is 0 Å². The van der Waals surface area contributed by atoms with Gasteiger partial charge in [-0.05, 0) is 66.8 Å². The fourth-order valence-electron chi connectivity index (χ4n) is 3.69. The first kappa shape index (κ1) is 16.0. The summed E-state index contributed by atoms with van der Waals surface area (Å²) < 4.78 is 0. The lowest BCUT2D eigenvalue weighted by molar-refractivity contribution is 0.0871. The summed E-state index contributed by atoms with van der Waals surface area (Å²) in [6.45, 7) is 11.7. The Hall–Kier alpha value is -0.340. The molecule has 114 valence electrons. The summed E-state index contributed by atoms with van der Waals surface area (Å²) in [5.41, 5.74) is 0.982. The van der Waals surface area contributed by atoms with Crippen LogP contribution in [0.4, 0.5) is 0 Å². The molecule has 0 radical (unpaired) electrons. The first-order valence-electron chi connectivity index (χ1n) is 8.18. The lowest BCUT2D eigenvalue weighted by Gasteiger charge is -2.44. The number of rotatable bonds is 5. The molecular weight excluding hydrogens is 262 g/mol. The van der Waals surface area contributed by atoms with Crippen LogP contribution in [-0.2, 0) is 6.42 Å². The number of thiophene rings is 1. The van der Waals surface area contributed by atoms with E-state index in [-0.39, 0.29) is 0 Å². The van der Waals surface area contributed by atoms with Gasteiger partial charge in [0.05, 0.1) is 0 Å². The predicted octanol–water partition coefficient (Wildman–Crippen LogP) is 5.12. The van der Waals surface area contributed by atoms with Crippen molar-refractivity contribution < 1.29 is 0 Å². The molecule has 1 N–H and O–H groups in total. The minimum Gasteiger partial charge on any atom is -0.316 e. The maximum absolute atomic E-state index is 3.63. The van der Waals surface area contributed by atoms with Crippen LogP contribution in [0, 0.1) is 16.7 Å².